The lowest BCUT2D eigenvalue weighted by Gasteiger charge is -2.22. The lowest BCUT2D eigenvalue weighted by atomic mass is 9.92. The summed E-state index contributed by atoms with van der Waals surface area (Å²) in [7, 11) is 1.27. The van der Waals surface area contributed by atoms with Crippen molar-refractivity contribution in [3.63, 3.8) is 0 Å². The third-order valence-electron chi connectivity index (χ3n) is 8.33. The predicted molar refractivity (Wildman–Crippen MR) is 193 cm³/mol. The number of nitrogens with two attached hydrogens (primary N) is 1. The first-order valence-electron chi connectivity index (χ1n) is 16.4. The quantitative estimate of drug-likeness (QED) is 0.0563. The zero-order chi connectivity index (χ0) is 34.6. The molecule has 2 amide bonds. The summed E-state index contributed by atoms with van der Waals surface area (Å²) < 4.78 is 17.8. The molecular formula is C38H41ClN4O6. The van der Waals surface area contributed by atoms with Crippen LogP contribution in [-0.4, -0.2) is 62.0 Å². The van der Waals surface area contributed by atoms with Crippen LogP contribution >= 0.6 is 11.6 Å². The molecule has 0 unspecified atom stereocenters. The minimum atomic E-state index is -0.959. The molecular weight excluding hydrogens is 644 g/mol. The lowest BCUT2D eigenvalue weighted by Crippen LogP contribution is -2.51. The molecule has 1 heterocycles. The second-order valence-corrected chi connectivity index (χ2v) is 12.1. The van der Waals surface area contributed by atoms with E-state index in [4.69, 9.17) is 31.5 Å². The van der Waals surface area contributed by atoms with E-state index in [1.807, 2.05) is 48.5 Å². The highest BCUT2D eigenvalue weighted by Crippen LogP contribution is 2.45. The molecule has 10 nitrogen and oxygen atoms in total. The van der Waals surface area contributed by atoms with Gasteiger partial charge in [-0.3, -0.25) is 14.6 Å². The van der Waals surface area contributed by atoms with Crippen molar-refractivity contribution in [2.45, 2.75) is 50.6 Å². The maximum Gasteiger partial charge on any atom is 0.328 e. The Morgan fingerprint density at radius 1 is 0.898 bits per heavy atom. The third-order valence-corrected chi connectivity index (χ3v) is 8.45. The first-order valence-corrected chi connectivity index (χ1v) is 16.8. The molecule has 4 aromatic carbocycles. The summed E-state index contributed by atoms with van der Waals surface area (Å²) in [5.74, 6) is -0.0411. The van der Waals surface area contributed by atoms with Crippen molar-refractivity contribution in [3.05, 3.63) is 84.9 Å². The fourth-order valence-electron chi connectivity index (χ4n) is 5.92. The molecule has 0 saturated carbocycles. The molecule has 0 spiro atoms. The van der Waals surface area contributed by atoms with E-state index in [2.05, 4.69) is 39.9 Å². The van der Waals surface area contributed by atoms with Gasteiger partial charge in [0.2, 0.25) is 11.8 Å². The fourth-order valence-corrected chi connectivity index (χ4v) is 6.01. The summed E-state index contributed by atoms with van der Waals surface area (Å²) >= 11 is 5.62. The first-order chi connectivity index (χ1) is 23.9. The number of amides is 2. The van der Waals surface area contributed by atoms with Crippen LogP contribution in [0.4, 0.5) is 0 Å². The molecule has 0 saturated heterocycles. The molecule has 0 aromatic heterocycles. The van der Waals surface area contributed by atoms with Crippen LogP contribution in [0.5, 0.6) is 11.5 Å². The van der Waals surface area contributed by atoms with E-state index in [1.165, 1.54) is 7.11 Å². The number of benzene rings is 4. The fraction of sp³-hybridized carbons (Fsp3) is 0.316. The van der Waals surface area contributed by atoms with E-state index in [0.717, 1.165) is 32.7 Å². The van der Waals surface area contributed by atoms with Crippen molar-refractivity contribution in [2.75, 3.05) is 26.9 Å². The maximum absolute atomic E-state index is 13.4. The summed E-state index contributed by atoms with van der Waals surface area (Å²) in [5, 5.41) is 9.70. The van der Waals surface area contributed by atoms with Crippen molar-refractivity contribution < 1.29 is 28.6 Å². The maximum atomic E-state index is 13.4. The van der Waals surface area contributed by atoms with Crippen LogP contribution in [0.25, 0.3) is 32.7 Å². The highest BCUT2D eigenvalue weighted by molar-refractivity contribution is 6.64. The highest BCUT2D eigenvalue weighted by Gasteiger charge is 2.27. The summed E-state index contributed by atoms with van der Waals surface area (Å²) in [6.07, 6.45) is 5.78. The number of ether oxygens (including phenoxy) is 3. The van der Waals surface area contributed by atoms with Gasteiger partial charge in [0.1, 0.15) is 30.2 Å². The van der Waals surface area contributed by atoms with Gasteiger partial charge >= 0.3 is 5.97 Å². The molecule has 49 heavy (non-hydrogen) atoms. The Bertz CT molecular complexity index is 1860. The van der Waals surface area contributed by atoms with Gasteiger partial charge in [-0.25, -0.2) is 4.79 Å². The number of fused-ring (bicyclic) bond motifs is 7. The van der Waals surface area contributed by atoms with Crippen LogP contribution in [0.15, 0.2) is 89.9 Å². The number of carbonyl (C=O) groups excluding carboxylic acids is 3. The van der Waals surface area contributed by atoms with Crippen LogP contribution in [0, 0.1) is 0 Å². The third kappa shape index (κ3) is 9.29. The van der Waals surface area contributed by atoms with Crippen molar-refractivity contribution in [1.29, 1.82) is 0 Å². The smallest absolute Gasteiger partial charge is 0.328 e. The van der Waals surface area contributed by atoms with Crippen LogP contribution < -0.4 is 25.8 Å². The summed E-state index contributed by atoms with van der Waals surface area (Å²) in [6, 6.07) is 22.4. The number of methoxy groups -OCH3 is 1. The molecule has 11 heteroatoms. The van der Waals surface area contributed by atoms with E-state index in [1.54, 1.807) is 12.2 Å². The number of hydrogen-bond acceptors (Lipinski definition) is 7. The summed E-state index contributed by atoms with van der Waals surface area (Å²) in [6.45, 7) is 0.868. The van der Waals surface area contributed by atoms with Crippen molar-refractivity contribution in [1.82, 2.24) is 10.6 Å². The van der Waals surface area contributed by atoms with E-state index in [-0.39, 0.29) is 37.3 Å². The molecule has 0 aliphatic carbocycles. The van der Waals surface area contributed by atoms with Crippen molar-refractivity contribution in [3.8, 4) is 22.6 Å². The molecule has 4 aromatic rings. The van der Waals surface area contributed by atoms with E-state index < -0.39 is 24.0 Å². The topological polar surface area (TPSA) is 141 Å². The largest absolute Gasteiger partial charge is 0.493 e. The Labute approximate surface area is 290 Å². The van der Waals surface area contributed by atoms with Crippen molar-refractivity contribution >= 4 is 56.2 Å². The number of amidine groups is 1. The van der Waals surface area contributed by atoms with Gasteiger partial charge in [-0.15, -0.1) is 0 Å². The minimum absolute atomic E-state index is 0.0346. The number of halogens is 1. The number of nitrogens with zero attached hydrogens (tertiary/aromatic N) is 1. The number of carbonyl (C=O) groups is 3. The summed E-state index contributed by atoms with van der Waals surface area (Å²) in [5.41, 5.74) is 7.21. The van der Waals surface area contributed by atoms with E-state index >= 15 is 0 Å². The average Bonchev–Trinajstić information content (AvgIpc) is 3.11. The number of nitrogens with one attached hydrogen (secondary N) is 2. The number of unbranched alkanes of at least 4 members (excludes halogenated alkanes) is 1. The summed E-state index contributed by atoms with van der Waals surface area (Å²) in [4.78, 5) is 43.2. The van der Waals surface area contributed by atoms with Gasteiger partial charge in [0.05, 0.1) is 13.7 Å². The Hall–Kier alpha value is -5.09. The average molecular weight is 685 g/mol. The minimum Gasteiger partial charge on any atom is -0.493 e. The first kappa shape index (κ1) is 35.2. The van der Waals surface area contributed by atoms with Gasteiger partial charge in [0.25, 0.3) is 0 Å². The van der Waals surface area contributed by atoms with Gasteiger partial charge in [-0.05, 0) is 77.4 Å². The second kappa shape index (κ2) is 17.3. The molecule has 1 aliphatic heterocycles. The molecule has 0 radical (unpaired) electrons. The second-order valence-electron chi connectivity index (χ2n) is 11.7. The number of rotatable bonds is 6. The monoisotopic (exact) mass is 684 g/mol. The van der Waals surface area contributed by atoms with Gasteiger partial charge in [-0.2, -0.15) is 0 Å². The van der Waals surface area contributed by atoms with Crippen LogP contribution in [-0.2, 0) is 19.1 Å². The van der Waals surface area contributed by atoms with Gasteiger partial charge < -0.3 is 30.6 Å². The molecule has 1 aliphatic rings. The number of esters is 1. The normalized spacial score (nSPS) is 18.0. The van der Waals surface area contributed by atoms with Gasteiger partial charge in [-0.1, -0.05) is 72.8 Å². The Balaban J connectivity index is 1.48. The lowest BCUT2D eigenvalue weighted by molar-refractivity contribution is -0.145. The molecule has 4 N–H and O–H groups in total. The Morgan fingerprint density at radius 3 is 2.20 bits per heavy atom. The zero-order valence-corrected chi connectivity index (χ0v) is 28.2. The van der Waals surface area contributed by atoms with Gasteiger partial charge in [0.15, 0.2) is 5.29 Å². The van der Waals surface area contributed by atoms with E-state index in [0.29, 0.717) is 43.7 Å². The predicted octanol–water partition coefficient (Wildman–Crippen LogP) is 6.02. The zero-order valence-electron chi connectivity index (χ0n) is 27.5. The van der Waals surface area contributed by atoms with Crippen LogP contribution in [0.2, 0.25) is 0 Å². The Morgan fingerprint density at radius 2 is 1.55 bits per heavy atom. The van der Waals surface area contributed by atoms with Gasteiger partial charge in [0, 0.05) is 24.1 Å². The number of hydrogen-bond donors (Lipinski definition) is 3. The SMILES string of the molecule is COC(=O)[C@@H]1CC=CCOc2ccc3ccccc3c2-c2c(ccc3ccccc23)OCCCC(=O)N[C@H](CCCCN=C(N)Cl)C(=O)N1. The molecule has 5 rings (SSSR count). The van der Waals surface area contributed by atoms with Crippen molar-refractivity contribution in [2.24, 2.45) is 10.7 Å². The highest BCUT2D eigenvalue weighted by atomic mass is 35.5. The van der Waals surface area contributed by atoms with Crippen LogP contribution in [0.1, 0.15) is 38.5 Å². The molecule has 0 fully saturated rings. The standard InChI is InChI=1S/C38H41ClN4O6/c1-47-37(46)30-16-7-9-23-48-31-20-18-25-11-2-4-13-27(25)34(31)35-28-14-5-3-12-26(28)19-21-32(35)49-24-10-17-33(44)42-29(36(45)43-30)15-6-8-22-41-38(39)40/h2-5,7,9,11-14,18-21,29-30H,6,8,10,15-17,22-24H2,1H3,(H2,40,41)(H,42,44)(H,43,45)/t29-,30+/m1/s1. The molecule has 256 valence electrons. The number of aliphatic imine (C=N–C) groups is 1. The van der Waals surface area contributed by atoms with E-state index in [9.17, 15) is 14.4 Å². The Kier molecular flexibility index (Phi) is 12.5. The van der Waals surface area contributed by atoms with Crippen LogP contribution in [0.3, 0.4) is 0 Å². The molecule has 0 bridgehead atoms. The molecule has 2 atom stereocenters.